The van der Waals surface area contributed by atoms with Crippen LogP contribution >= 0.6 is 0 Å². The largest absolute Gasteiger partial charge is 0.490 e. The van der Waals surface area contributed by atoms with Crippen LogP contribution in [0.25, 0.3) is 0 Å². The van der Waals surface area contributed by atoms with E-state index in [2.05, 4.69) is 46.4 Å². The van der Waals surface area contributed by atoms with Crippen LogP contribution in [0.4, 0.5) is 0 Å². The van der Waals surface area contributed by atoms with Crippen molar-refractivity contribution in [3.8, 4) is 5.75 Å². The Kier molecular flexibility index (Phi) is 10.2. The van der Waals surface area contributed by atoms with Gasteiger partial charge in [0.05, 0.1) is 6.61 Å². The van der Waals surface area contributed by atoms with E-state index in [9.17, 15) is 9.59 Å². The molecule has 0 saturated carbocycles. The Morgan fingerprint density at radius 3 is 2.15 bits per heavy atom. The Morgan fingerprint density at radius 2 is 1.59 bits per heavy atom. The van der Waals surface area contributed by atoms with Gasteiger partial charge in [-0.2, -0.15) is 0 Å². The lowest BCUT2D eigenvalue weighted by Crippen LogP contribution is -2.14. The van der Waals surface area contributed by atoms with Crippen LogP contribution in [0.5, 0.6) is 5.75 Å². The summed E-state index contributed by atoms with van der Waals surface area (Å²) < 4.78 is 15.5. The standard InChI is InChI=1S/C22H32O5/c1-6-20(23)26-13-7-8-21(24)27-15-14-25-19-11-9-18(10-12-19)22(16(2)3)17(4)5/h6,9-12,16-17,22H,1,7-8,13-15H2,2-5H3. The van der Waals surface area contributed by atoms with Gasteiger partial charge in [-0.25, -0.2) is 4.79 Å². The number of hydrogen-bond acceptors (Lipinski definition) is 5. The van der Waals surface area contributed by atoms with Gasteiger partial charge in [-0.1, -0.05) is 46.4 Å². The second-order valence-electron chi connectivity index (χ2n) is 7.13. The minimum atomic E-state index is -0.490. The van der Waals surface area contributed by atoms with Gasteiger partial charge in [-0.15, -0.1) is 0 Å². The van der Waals surface area contributed by atoms with Gasteiger partial charge >= 0.3 is 11.9 Å². The Labute approximate surface area is 162 Å². The molecular weight excluding hydrogens is 344 g/mol. The molecule has 5 heteroatoms. The molecule has 0 atom stereocenters. The fourth-order valence-electron chi connectivity index (χ4n) is 3.16. The van der Waals surface area contributed by atoms with Crippen LogP contribution in [0, 0.1) is 11.8 Å². The number of carbonyl (C=O) groups excluding carboxylic acids is 2. The summed E-state index contributed by atoms with van der Waals surface area (Å²) in [5.41, 5.74) is 1.32. The maximum Gasteiger partial charge on any atom is 0.330 e. The van der Waals surface area contributed by atoms with Crippen molar-refractivity contribution in [2.75, 3.05) is 19.8 Å². The maximum absolute atomic E-state index is 11.6. The van der Waals surface area contributed by atoms with Crippen molar-refractivity contribution in [3.05, 3.63) is 42.5 Å². The molecule has 0 aliphatic carbocycles. The lowest BCUT2D eigenvalue weighted by molar-refractivity contribution is -0.146. The lowest BCUT2D eigenvalue weighted by Gasteiger charge is -2.25. The van der Waals surface area contributed by atoms with Crippen molar-refractivity contribution in [1.29, 1.82) is 0 Å². The fraction of sp³-hybridized carbons (Fsp3) is 0.545. The molecule has 0 spiro atoms. The molecule has 0 saturated heterocycles. The first kappa shape index (κ1) is 22.7. The van der Waals surface area contributed by atoms with Gasteiger partial charge in [0.15, 0.2) is 0 Å². The van der Waals surface area contributed by atoms with Crippen LogP contribution in [-0.2, 0) is 19.1 Å². The van der Waals surface area contributed by atoms with E-state index in [1.54, 1.807) is 0 Å². The summed E-state index contributed by atoms with van der Waals surface area (Å²) in [5, 5.41) is 0. The van der Waals surface area contributed by atoms with Gasteiger partial charge in [0.2, 0.25) is 0 Å². The first-order valence-electron chi connectivity index (χ1n) is 9.52. The van der Waals surface area contributed by atoms with Crippen LogP contribution in [-0.4, -0.2) is 31.8 Å². The van der Waals surface area contributed by atoms with E-state index in [1.165, 1.54) is 5.56 Å². The number of benzene rings is 1. The van der Waals surface area contributed by atoms with Gasteiger partial charge in [-0.05, 0) is 41.9 Å². The molecule has 1 aromatic carbocycles. The van der Waals surface area contributed by atoms with E-state index in [0.29, 0.717) is 30.8 Å². The van der Waals surface area contributed by atoms with Gasteiger partial charge in [0.1, 0.15) is 19.0 Å². The number of ether oxygens (including phenoxy) is 3. The topological polar surface area (TPSA) is 61.8 Å². The molecule has 0 bridgehead atoms. The Hall–Kier alpha value is -2.30. The average molecular weight is 376 g/mol. The predicted octanol–water partition coefficient (Wildman–Crippen LogP) is 4.51. The zero-order chi connectivity index (χ0) is 20.2. The van der Waals surface area contributed by atoms with Crippen molar-refractivity contribution >= 4 is 11.9 Å². The summed E-state index contributed by atoms with van der Waals surface area (Å²) in [6.07, 6.45) is 1.71. The van der Waals surface area contributed by atoms with Crippen molar-refractivity contribution in [3.63, 3.8) is 0 Å². The van der Waals surface area contributed by atoms with E-state index in [1.807, 2.05) is 12.1 Å². The molecular formula is C22H32O5. The van der Waals surface area contributed by atoms with Crippen molar-refractivity contribution < 1.29 is 23.8 Å². The smallest absolute Gasteiger partial charge is 0.330 e. The van der Waals surface area contributed by atoms with E-state index >= 15 is 0 Å². The summed E-state index contributed by atoms with van der Waals surface area (Å²) in [6.45, 7) is 12.9. The molecule has 0 heterocycles. The molecule has 0 aliphatic heterocycles. The van der Waals surface area contributed by atoms with Gasteiger partial charge in [0, 0.05) is 12.5 Å². The molecule has 0 unspecified atom stereocenters. The summed E-state index contributed by atoms with van der Waals surface area (Å²) >= 11 is 0. The molecule has 0 aliphatic rings. The minimum absolute atomic E-state index is 0.177. The molecule has 1 rings (SSSR count). The molecule has 0 radical (unpaired) electrons. The number of hydrogen-bond donors (Lipinski definition) is 0. The third kappa shape index (κ3) is 8.76. The molecule has 5 nitrogen and oxygen atoms in total. The predicted molar refractivity (Wildman–Crippen MR) is 106 cm³/mol. The van der Waals surface area contributed by atoms with E-state index < -0.39 is 5.97 Å². The van der Waals surface area contributed by atoms with Crippen LogP contribution in [0.1, 0.15) is 52.0 Å². The van der Waals surface area contributed by atoms with Crippen LogP contribution in [0.3, 0.4) is 0 Å². The third-order valence-corrected chi connectivity index (χ3v) is 4.25. The molecule has 27 heavy (non-hydrogen) atoms. The van der Waals surface area contributed by atoms with Crippen molar-refractivity contribution in [2.24, 2.45) is 11.8 Å². The van der Waals surface area contributed by atoms with Gasteiger partial charge in [0.25, 0.3) is 0 Å². The third-order valence-electron chi connectivity index (χ3n) is 4.25. The zero-order valence-corrected chi connectivity index (χ0v) is 16.9. The zero-order valence-electron chi connectivity index (χ0n) is 16.9. The van der Waals surface area contributed by atoms with Crippen LogP contribution in [0.2, 0.25) is 0 Å². The van der Waals surface area contributed by atoms with Crippen LogP contribution in [0.15, 0.2) is 36.9 Å². The number of esters is 2. The number of carbonyl (C=O) groups is 2. The second-order valence-corrected chi connectivity index (χ2v) is 7.13. The SMILES string of the molecule is C=CC(=O)OCCCC(=O)OCCOc1ccc(C(C(C)C)C(C)C)cc1. The maximum atomic E-state index is 11.6. The summed E-state index contributed by atoms with van der Waals surface area (Å²) in [7, 11) is 0. The summed E-state index contributed by atoms with van der Waals surface area (Å²) in [6, 6.07) is 8.14. The highest BCUT2D eigenvalue weighted by Crippen LogP contribution is 2.32. The fourth-order valence-corrected chi connectivity index (χ4v) is 3.16. The first-order chi connectivity index (χ1) is 12.8. The van der Waals surface area contributed by atoms with Crippen LogP contribution < -0.4 is 4.74 Å². The van der Waals surface area contributed by atoms with E-state index in [0.717, 1.165) is 11.8 Å². The monoisotopic (exact) mass is 376 g/mol. The molecule has 150 valence electrons. The first-order valence-corrected chi connectivity index (χ1v) is 9.52. The molecule has 0 N–H and O–H groups in total. The van der Waals surface area contributed by atoms with Crippen molar-refractivity contribution in [2.45, 2.75) is 46.5 Å². The summed E-state index contributed by atoms with van der Waals surface area (Å²) in [5.74, 6) is 1.62. The average Bonchev–Trinajstić information content (AvgIpc) is 2.62. The summed E-state index contributed by atoms with van der Waals surface area (Å²) in [4.78, 5) is 22.4. The molecule has 0 amide bonds. The second kappa shape index (κ2) is 12.2. The lowest BCUT2D eigenvalue weighted by atomic mass is 9.80. The Balaban J connectivity index is 2.27. The Morgan fingerprint density at radius 1 is 0.963 bits per heavy atom. The number of rotatable bonds is 12. The normalized spacial score (nSPS) is 10.9. The van der Waals surface area contributed by atoms with Gasteiger partial charge < -0.3 is 14.2 Å². The highest BCUT2D eigenvalue weighted by atomic mass is 16.6. The highest BCUT2D eigenvalue weighted by Gasteiger charge is 2.19. The van der Waals surface area contributed by atoms with E-state index in [4.69, 9.17) is 14.2 Å². The van der Waals surface area contributed by atoms with E-state index in [-0.39, 0.29) is 25.6 Å². The molecule has 0 fully saturated rings. The highest BCUT2D eigenvalue weighted by molar-refractivity contribution is 5.81. The Bertz CT molecular complexity index is 581. The molecule has 0 aromatic heterocycles. The minimum Gasteiger partial charge on any atom is -0.490 e. The van der Waals surface area contributed by atoms with Crippen molar-refractivity contribution in [1.82, 2.24) is 0 Å². The molecule has 1 aromatic rings. The quantitative estimate of drug-likeness (QED) is 0.305. The van der Waals surface area contributed by atoms with Gasteiger partial charge in [-0.3, -0.25) is 4.79 Å².